The zero-order valence-corrected chi connectivity index (χ0v) is 12.9. The van der Waals surface area contributed by atoms with E-state index in [1.807, 2.05) is 6.07 Å². The van der Waals surface area contributed by atoms with E-state index in [0.717, 1.165) is 18.4 Å². The number of likely N-dealkylation sites (tertiary alicyclic amines) is 1. The Morgan fingerprint density at radius 2 is 1.80 bits per heavy atom. The summed E-state index contributed by atoms with van der Waals surface area (Å²) in [4.78, 5) is 13.6. The van der Waals surface area contributed by atoms with E-state index < -0.39 is 0 Å². The molecular formula is C17H26N2O. The van der Waals surface area contributed by atoms with Crippen molar-refractivity contribution in [3.8, 4) is 0 Å². The van der Waals surface area contributed by atoms with E-state index >= 15 is 0 Å². The number of carbonyl (C=O) groups excluding carboxylic acids is 1. The lowest BCUT2D eigenvalue weighted by molar-refractivity contribution is -0.119. The van der Waals surface area contributed by atoms with Gasteiger partial charge in [0, 0.05) is 33.1 Å². The second-order valence-electron chi connectivity index (χ2n) is 6.32. The van der Waals surface area contributed by atoms with E-state index in [4.69, 9.17) is 0 Å². The topological polar surface area (TPSA) is 32.3 Å². The van der Waals surface area contributed by atoms with Crippen LogP contribution in [0.15, 0.2) is 24.3 Å². The molecule has 1 aliphatic rings. The van der Waals surface area contributed by atoms with Gasteiger partial charge < -0.3 is 5.32 Å². The van der Waals surface area contributed by atoms with Gasteiger partial charge in [0.25, 0.3) is 0 Å². The predicted molar refractivity (Wildman–Crippen MR) is 82.2 cm³/mol. The van der Waals surface area contributed by atoms with Crippen LogP contribution in [-0.2, 0) is 17.9 Å². The van der Waals surface area contributed by atoms with Gasteiger partial charge in [0.05, 0.1) is 0 Å². The molecule has 20 heavy (non-hydrogen) atoms. The number of benzene rings is 1. The van der Waals surface area contributed by atoms with Gasteiger partial charge in [-0.1, -0.05) is 38.1 Å². The van der Waals surface area contributed by atoms with Crippen molar-refractivity contribution in [2.24, 2.45) is 11.8 Å². The fourth-order valence-electron chi connectivity index (χ4n) is 3.27. The molecule has 0 aliphatic carbocycles. The maximum atomic E-state index is 11.1. The Kier molecular flexibility index (Phi) is 5.18. The van der Waals surface area contributed by atoms with Crippen molar-refractivity contribution in [1.29, 1.82) is 0 Å². The first-order chi connectivity index (χ1) is 9.54. The van der Waals surface area contributed by atoms with E-state index in [1.165, 1.54) is 30.6 Å². The van der Waals surface area contributed by atoms with Crippen LogP contribution in [0, 0.1) is 11.8 Å². The predicted octanol–water partition coefficient (Wildman–Crippen LogP) is 2.80. The van der Waals surface area contributed by atoms with Crippen molar-refractivity contribution in [2.45, 2.75) is 40.3 Å². The quantitative estimate of drug-likeness (QED) is 0.915. The summed E-state index contributed by atoms with van der Waals surface area (Å²) in [5.74, 6) is 1.59. The molecule has 0 unspecified atom stereocenters. The first-order valence-corrected chi connectivity index (χ1v) is 7.58. The number of nitrogens with zero attached hydrogens (tertiary/aromatic N) is 1. The Balaban J connectivity index is 2.02. The molecule has 1 amide bonds. The molecule has 2 atom stereocenters. The minimum absolute atomic E-state index is 0.0278. The molecule has 0 spiro atoms. The van der Waals surface area contributed by atoms with Crippen molar-refractivity contribution in [1.82, 2.24) is 10.2 Å². The van der Waals surface area contributed by atoms with Crippen LogP contribution in [0.5, 0.6) is 0 Å². The highest BCUT2D eigenvalue weighted by atomic mass is 16.1. The largest absolute Gasteiger partial charge is 0.352 e. The van der Waals surface area contributed by atoms with Crippen LogP contribution < -0.4 is 5.32 Å². The molecule has 1 heterocycles. The molecule has 110 valence electrons. The van der Waals surface area contributed by atoms with Crippen LogP contribution in [0.4, 0.5) is 0 Å². The summed E-state index contributed by atoms with van der Waals surface area (Å²) in [6.45, 7) is 10.2. The Labute approximate surface area is 122 Å². The minimum Gasteiger partial charge on any atom is -0.352 e. The van der Waals surface area contributed by atoms with Gasteiger partial charge in [0.15, 0.2) is 0 Å². The van der Waals surface area contributed by atoms with Gasteiger partial charge >= 0.3 is 0 Å². The lowest BCUT2D eigenvalue weighted by Crippen LogP contribution is -2.38. The fourth-order valence-corrected chi connectivity index (χ4v) is 3.27. The van der Waals surface area contributed by atoms with Crippen LogP contribution in [-0.4, -0.2) is 23.9 Å². The summed E-state index contributed by atoms with van der Waals surface area (Å²) in [5.41, 5.74) is 2.57. The van der Waals surface area contributed by atoms with Crippen molar-refractivity contribution in [3.05, 3.63) is 35.4 Å². The van der Waals surface area contributed by atoms with Crippen molar-refractivity contribution in [3.63, 3.8) is 0 Å². The standard InChI is InChI=1S/C17H26N2O/c1-13-8-14(2)11-19(10-13)12-17-7-5-4-6-16(17)9-18-15(3)20/h4-7,13-14H,8-12H2,1-3H3,(H,18,20)/t13-,14+. The molecule has 1 aliphatic heterocycles. The summed E-state index contributed by atoms with van der Waals surface area (Å²) in [7, 11) is 0. The third-order valence-corrected chi connectivity index (χ3v) is 3.98. The van der Waals surface area contributed by atoms with Gasteiger partial charge in [-0.05, 0) is 29.4 Å². The average molecular weight is 274 g/mol. The number of hydrogen-bond donors (Lipinski definition) is 1. The number of rotatable bonds is 4. The SMILES string of the molecule is CC(=O)NCc1ccccc1CN1C[C@H](C)C[C@H](C)C1. The smallest absolute Gasteiger partial charge is 0.217 e. The normalized spacial score (nSPS) is 23.6. The van der Waals surface area contributed by atoms with Gasteiger partial charge in [0.2, 0.25) is 5.91 Å². The summed E-state index contributed by atoms with van der Waals surface area (Å²) < 4.78 is 0. The van der Waals surface area contributed by atoms with Gasteiger partial charge in [-0.3, -0.25) is 9.69 Å². The second kappa shape index (κ2) is 6.89. The Hall–Kier alpha value is -1.35. The summed E-state index contributed by atoms with van der Waals surface area (Å²) in [6.07, 6.45) is 1.34. The molecule has 0 aromatic heterocycles. The van der Waals surface area contributed by atoms with Crippen LogP contribution in [0.3, 0.4) is 0 Å². The minimum atomic E-state index is 0.0278. The Bertz CT molecular complexity index is 448. The average Bonchev–Trinajstić information content (AvgIpc) is 2.36. The number of hydrogen-bond acceptors (Lipinski definition) is 2. The summed E-state index contributed by atoms with van der Waals surface area (Å²) in [6, 6.07) is 8.43. The molecular weight excluding hydrogens is 248 g/mol. The zero-order chi connectivity index (χ0) is 14.5. The molecule has 1 aromatic rings. The molecule has 3 nitrogen and oxygen atoms in total. The summed E-state index contributed by atoms with van der Waals surface area (Å²) >= 11 is 0. The Morgan fingerprint density at radius 3 is 2.40 bits per heavy atom. The molecule has 1 saturated heterocycles. The summed E-state index contributed by atoms with van der Waals surface area (Å²) in [5, 5.41) is 2.90. The lowest BCUT2D eigenvalue weighted by atomic mass is 9.91. The first-order valence-electron chi connectivity index (χ1n) is 7.58. The maximum absolute atomic E-state index is 11.1. The fraction of sp³-hybridized carbons (Fsp3) is 0.588. The van der Waals surface area contributed by atoms with Gasteiger partial charge in [-0.2, -0.15) is 0 Å². The lowest BCUT2D eigenvalue weighted by Gasteiger charge is -2.35. The van der Waals surface area contributed by atoms with Crippen LogP contribution in [0.25, 0.3) is 0 Å². The van der Waals surface area contributed by atoms with Crippen LogP contribution in [0.1, 0.15) is 38.3 Å². The van der Waals surface area contributed by atoms with Crippen LogP contribution >= 0.6 is 0 Å². The molecule has 2 rings (SSSR count). The first kappa shape index (κ1) is 15.0. The molecule has 1 aromatic carbocycles. The van der Waals surface area contributed by atoms with Crippen LogP contribution in [0.2, 0.25) is 0 Å². The molecule has 1 N–H and O–H groups in total. The second-order valence-corrected chi connectivity index (χ2v) is 6.32. The van der Waals surface area contributed by atoms with E-state index in [1.54, 1.807) is 6.92 Å². The van der Waals surface area contributed by atoms with E-state index in [9.17, 15) is 4.79 Å². The molecule has 0 radical (unpaired) electrons. The number of nitrogens with one attached hydrogen (secondary N) is 1. The van der Waals surface area contributed by atoms with Crippen molar-refractivity contribution >= 4 is 5.91 Å². The number of carbonyl (C=O) groups is 1. The third-order valence-electron chi connectivity index (χ3n) is 3.98. The highest BCUT2D eigenvalue weighted by Crippen LogP contribution is 2.23. The Morgan fingerprint density at radius 1 is 1.20 bits per heavy atom. The monoisotopic (exact) mass is 274 g/mol. The van der Waals surface area contributed by atoms with Crippen molar-refractivity contribution in [2.75, 3.05) is 13.1 Å². The molecule has 3 heteroatoms. The number of piperidine rings is 1. The van der Waals surface area contributed by atoms with E-state index in [0.29, 0.717) is 6.54 Å². The highest BCUT2D eigenvalue weighted by Gasteiger charge is 2.22. The van der Waals surface area contributed by atoms with Gasteiger partial charge in [0.1, 0.15) is 0 Å². The number of amides is 1. The third kappa shape index (κ3) is 4.34. The van der Waals surface area contributed by atoms with Gasteiger partial charge in [-0.25, -0.2) is 0 Å². The van der Waals surface area contributed by atoms with E-state index in [2.05, 4.69) is 42.3 Å². The van der Waals surface area contributed by atoms with Crippen molar-refractivity contribution < 1.29 is 4.79 Å². The molecule has 0 bridgehead atoms. The van der Waals surface area contributed by atoms with E-state index in [-0.39, 0.29) is 5.91 Å². The molecule has 1 fully saturated rings. The highest BCUT2D eigenvalue weighted by molar-refractivity contribution is 5.72. The zero-order valence-electron chi connectivity index (χ0n) is 12.9. The molecule has 0 saturated carbocycles. The maximum Gasteiger partial charge on any atom is 0.217 e. The van der Waals surface area contributed by atoms with Gasteiger partial charge in [-0.15, -0.1) is 0 Å².